The standard InChI is InChI=1S/C42H70O6/c1-29(18-14-19-31(3)22-23-37-38(6,7)26-35(47-33(5)43)27-40(37,10)46)16-12-13-17-30(2)20-15-21-32(4)36(45)28-42-39(8,9)24-34(44)25-41(42,11)48-42/h14,18,21,23,29-31,34-35,44,46H,12-13,15-17,19-20,22,24-28H2,1-11H3/b18-14+,32-21+,37-23?/t29?,30?,31?,34-,35-,40+,41+,42-/m0/s1. The lowest BCUT2D eigenvalue weighted by molar-refractivity contribution is -0.152. The quantitative estimate of drug-likeness (QED) is 0.0526. The smallest absolute Gasteiger partial charge is 0.302 e. The molecule has 0 aromatic carbocycles. The maximum Gasteiger partial charge on any atom is 0.302 e. The van der Waals surface area contributed by atoms with Crippen LogP contribution in [0.1, 0.15) is 160 Å². The lowest BCUT2D eigenvalue weighted by atomic mass is 9.61. The summed E-state index contributed by atoms with van der Waals surface area (Å²) >= 11 is 0. The van der Waals surface area contributed by atoms with Gasteiger partial charge in [-0.2, -0.15) is 0 Å². The van der Waals surface area contributed by atoms with E-state index in [2.05, 4.69) is 79.7 Å². The molecule has 0 aromatic rings. The summed E-state index contributed by atoms with van der Waals surface area (Å²) in [4.78, 5) is 24.6. The summed E-state index contributed by atoms with van der Waals surface area (Å²) in [7, 11) is 0. The van der Waals surface area contributed by atoms with Gasteiger partial charge in [-0.15, -0.1) is 0 Å². The molecule has 274 valence electrons. The van der Waals surface area contributed by atoms with E-state index in [-0.39, 0.29) is 40.4 Å². The third-order valence-electron chi connectivity index (χ3n) is 12.0. The van der Waals surface area contributed by atoms with E-state index in [4.69, 9.17) is 9.47 Å². The van der Waals surface area contributed by atoms with Crippen molar-refractivity contribution >= 4 is 11.8 Å². The Morgan fingerprint density at radius 2 is 1.58 bits per heavy atom. The monoisotopic (exact) mass is 671 g/mol. The molecule has 0 radical (unpaired) electrons. The van der Waals surface area contributed by atoms with Crippen molar-refractivity contribution in [3.8, 4) is 0 Å². The number of carbonyl (C=O) groups excluding carboxylic acids is 2. The van der Waals surface area contributed by atoms with E-state index in [0.717, 1.165) is 43.3 Å². The van der Waals surface area contributed by atoms with Crippen molar-refractivity contribution < 1.29 is 29.3 Å². The zero-order chi connectivity index (χ0) is 36.1. The molecule has 2 N–H and O–H groups in total. The molecule has 2 saturated carbocycles. The van der Waals surface area contributed by atoms with Crippen LogP contribution in [0.2, 0.25) is 0 Å². The van der Waals surface area contributed by atoms with Crippen LogP contribution in [0.3, 0.4) is 0 Å². The topological polar surface area (TPSA) is 96.4 Å². The van der Waals surface area contributed by atoms with Crippen molar-refractivity contribution in [2.75, 3.05) is 0 Å². The van der Waals surface area contributed by atoms with Crippen LogP contribution < -0.4 is 0 Å². The summed E-state index contributed by atoms with van der Waals surface area (Å²) in [5.74, 6) is 1.59. The Kier molecular flexibility index (Phi) is 13.6. The van der Waals surface area contributed by atoms with Gasteiger partial charge in [-0.1, -0.05) is 92.0 Å². The van der Waals surface area contributed by atoms with Gasteiger partial charge >= 0.3 is 5.97 Å². The number of carbonyl (C=O) groups is 2. The zero-order valence-electron chi connectivity index (χ0n) is 32.4. The minimum atomic E-state index is -0.967. The Morgan fingerprint density at radius 1 is 0.917 bits per heavy atom. The van der Waals surface area contributed by atoms with Gasteiger partial charge in [-0.25, -0.2) is 0 Å². The van der Waals surface area contributed by atoms with Crippen LogP contribution in [0, 0.1) is 28.6 Å². The normalized spacial score (nSPS) is 34.0. The Morgan fingerprint density at radius 3 is 2.21 bits per heavy atom. The van der Waals surface area contributed by atoms with Crippen molar-refractivity contribution in [3.05, 3.63) is 35.5 Å². The first-order valence-corrected chi connectivity index (χ1v) is 19.0. The number of Topliss-reactive ketones (excluding diaryl/α,β-unsaturated/α-hetero) is 1. The lowest BCUT2D eigenvalue weighted by Crippen LogP contribution is -2.48. The molecule has 1 heterocycles. The number of fused-ring (bicyclic) bond motifs is 1. The number of aliphatic hydroxyl groups excluding tert-OH is 1. The fraction of sp³-hybridized carbons (Fsp3) is 0.810. The van der Waals surface area contributed by atoms with E-state index in [1.807, 2.05) is 13.8 Å². The molecule has 0 amide bonds. The minimum Gasteiger partial charge on any atom is -0.462 e. The van der Waals surface area contributed by atoms with Crippen molar-refractivity contribution in [1.82, 2.24) is 0 Å². The van der Waals surface area contributed by atoms with Gasteiger partial charge < -0.3 is 19.7 Å². The Bertz CT molecular complexity index is 1190. The number of aliphatic hydroxyl groups is 2. The highest BCUT2D eigenvalue weighted by atomic mass is 16.6. The third-order valence-corrected chi connectivity index (χ3v) is 12.0. The molecule has 6 heteroatoms. The first kappa shape index (κ1) is 40.7. The summed E-state index contributed by atoms with van der Waals surface area (Å²) in [5.41, 5.74) is -0.323. The molecule has 1 aliphatic heterocycles. The van der Waals surface area contributed by atoms with Gasteiger partial charge in [0.15, 0.2) is 5.78 Å². The van der Waals surface area contributed by atoms with E-state index in [9.17, 15) is 19.8 Å². The average molecular weight is 671 g/mol. The number of ketones is 1. The maximum absolute atomic E-state index is 13.2. The van der Waals surface area contributed by atoms with Crippen LogP contribution >= 0.6 is 0 Å². The van der Waals surface area contributed by atoms with Gasteiger partial charge in [0, 0.05) is 26.2 Å². The van der Waals surface area contributed by atoms with Crippen LogP contribution in [0.15, 0.2) is 35.5 Å². The molecule has 3 fully saturated rings. The molecular weight excluding hydrogens is 600 g/mol. The largest absolute Gasteiger partial charge is 0.462 e. The average Bonchev–Trinajstić information content (AvgIpc) is 3.53. The van der Waals surface area contributed by atoms with Crippen LogP contribution in [-0.4, -0.2) is 51.0 Å². The highest BCUT2D eigenvalue weighted by molar-refractivity contribution is 5.96. The van der Waals surface area contributed by atoms with Gasteiger partial charge in [0.1, 0.15) is 11.7 Å². The summed E-state index contributed by atoms with van der Waals surface area (Å²) in [6.45, 7) is 22.7. The number of epoxide rings is 1. The van der Waals surface area contributed by atoms with Crippen molar-refractivity contribution in [3.63, 3.8) is 0 Å². The van der Waals surface area contributed by atoms with Gasteiger partial charge in [0.25, 0.3) is 0 Å². The lowest BCUT2D eigenvalue weighted by Gasteiger charge is -2.46. The number of hydrogen-bond donors (Lipinski definition) is 2. The predicted octanol–water partition coefficient (Wildman–Crippen LogP) is 9.61. The third kappa shape index (κ3) is 10.4. The number of ether oxygens (including phenoxy) is 2. The fourth-order valence-electron chi connectivity index (χ4n) is 9.23. The molecule has 3 aliphatic rings. The van der Waals surface area contributed by atoms with E-state index in [0.29, 0.717) is 43.4 Å². The van der Waals surface area contributed by atoms with E-state index in [1.165, 1.54) is 32.6 Å². The van der Waals surface area contributed by atoms with Gasteiger partial charge in [-0.3, -0.25) is 9.59 Å². The highest BCUT2D eigenvalue weighted by Gasteiger charge is 2.76. The molecule has 48 heavy (non-hydrogen) atoms. The summed E-state index contributed by atoms with van der Waals surface area (Å²) in [6.07, 6.45) is 20.2. The second-order valence-electron chi connectivity index (χ2n) is 18.0. The molecule has 3 unspecified atom stereocenters. The van der Waals surface area contributed by atoms with Crippen LogP contribution in [-0.2, 0) is 19.1 Å². The van der Waals surface area contributed by atoms with E-state index >= 15 is 0 Å². The first-order valence-electron chi connectivity index (χ1n) is 19.0. The predicted molar refractivity (Wildman–Crippen MR) is 195 cm³/mol. The maximum atomic E-state index is 13.2. The van der Waals surface area contributed by atoms with Crippen molar-refractivity contribution in [2.24, 2.45) is 28.6 Å². The SMILES string of the molecule is CC(=O)O[C@H]1CC(C)(C)C(=CCC(C)C/C=C/C(C)CCCCC(C)CC/C=C(\C)C(=O)C[C@@]23O[C@]2(C)C[C@@H](O)CC3(C)C)[C@](C)(O)C1. The second-order valence-corrected chi connectivity index (χ2v) is 18.0. The molecule has 6 nitrogen and oxygen atoms in total. The summed E-state index contributed by atoms with van der Waals surface area (Å²) in [6, 6.07) is 0. The Hall–Kier alpha value is -1.76. The summed E-state index contributed by atoms with van der Waals surface area (Å²) in [5, 5.41) is 21.5. The van der Waals surface area contributed by atoms with Gasteiger partial charge in [0.05, 0.1) is 17.3 Å². The number of rotatable bonds is 17. The number of allylic oxidation sites excluding steroid dienone is 5. The fourth-order valence-corrected chi connectivity index (χ4v) is 9.23. The Labute approximate surface area is 293 Å². The zero-order valence-corrected chi connectivity index (χ0v) is 32.4. The van der Waals surface area contributed by atoms with Crippen molar-refractivity contribution in [2.45, 2.75) is 189 Å². The number of unbranched alkanes of at least 4 members (excludes halogenated alkanes) is 1. The van der Waals surface area contributed by atoms with Crippen molar-refractivity contribution in [1.29, 1.82) is 0 Å². The molecule has 0 spiro atoms. The Balaban J connectivity index is 1.31. The second kappa shape index (κ2) is 16.1. The molecule has 1 saturated heterocycles. The van der Waals surface area contributed by atoms with Gasteiger partial charge in [0.2, 0.25) is 0 Å². The van der Waals surface area contributed by atoms with E-state index in [1.54, 1.807) is 0 Å². The van der Waals surface area contributed by atoms with Gasteiger partial charge in [-0.05, 0) is 105 Å². The number of esters is 1. The molecular formula is C42H70O6. The summed E-state index contributed by atoms with van der Waals surface area (Å²) < 4.78 is 11.7. The minimum absolute atomic E-state index is 0.182. The number of hydrogen-bond acceptors (Lipinski definition) is 6. The molecule has 2 aliphatic carbocycles. The molecule has 0 bridgehead atoms. The van der Waals surface area contributed by atoms with Crippen LogP contribution in [0.4, 0.5) is 0 Å². The van der Waals surface area contributed by atoms with E-state index < -0.39 is 11.2 Å². The highest BCUT2D eigenvalue weighted by Crippen LogP contribution is 2.67. The van der Waals surface area contributed by atoms with Crippen LogP contribution in [0.5, 0.6) is 0 Å². The first-order chi connectivity index (χ1) is 22.1. The molecule has 0 aromatic heterocycles. The molecule has 8 atom stereocenters. The molecule has 3 rings (SSSR count). The van der Waals surface area contributed by atoms with Crippen LogP contribution in [0.25, 0.3) is 0 Å².